The molecule has 7 heteroatoms. The Morgan fingerprint density at radius 2 is 1.83 bits per heavy atom. The van der Waals surface area contributed by atoms with Crippen LogP contribution in [0, 0.1) is 21.4 Å². The zero-order chi connectivity index (χ0) is 17.0. The third-order valence-corrected chi connectivity index (χ3v) is 3.04. The fourth-order valence-electron chi connectivity index (χ4n) is 1.90. The summed E-state index contributed by atoms with van der Waals surface area (Å²) >= 11 is 0. The highest BCUT2D eigenvalue weighted by atomic mass is 19.4. The van der Waals surface area contributed by atoms with Crippen LogP contribution >= 0.6 is 0 Å². The predicted molar refractivity (Wildman–Crippen MR) is 78.0 cm³/mol. The van der Waals surface area contributed by atoms with Gasteiger partial charge >= 0.3 is 6.18 Å². The number of rotatable bonds is 3. The fourth-order valence-corrected chi connectivity index (χ4v) is 1.90. The normalized spacial score (nSPS) is 11.8. The van der Waals surface area contributed by atoms with E-state index >= 15 is 0 Å². The van der Waals surface area contributed by atoms with Crippen LogP contribution in [-0.4, -0.2) is 4.92 Å². The number of allylic oxidation sites excluding steroid dienone is 1. The first-order valence-electron chi connectivity index (χ1n) is 6.35. The van der Waals surface area contributed by atoms with Gasteiger partial charge in [-0.1, -0.05) is 12.1 Å². The van der Waals surface area contributed by atoms with Crippen LogP contribution in [0.2, 0.25) is 0 Å². The summed E-state index contributed by atoms with van der Waals surface area (Å²) in [5, 5.41) is 19.7. The predicted octanol–water partition coefficient (Wildman–Crippen LogP) is 4.68. The zero-order valence-electron chi connectivity index (χ0n) is 11.5. The highest BCUT2D eigenvalue weighted by molar-refractivity contribution is 5.89. The van der Waals surface area contributed by atoms with E-state index in [1.807, 2.05) is 6.07 Å². The number of non-ortho nitro benzene ring substituents is 1. The quantitative estimate of drug-likeness (QED) is 0.357. The van der Waals surface area contributed by atoms with Crippen molar-refractivity contribution in [1.82, 2.24) is 0 Å². The monoisotopic (exact) mass is 318 g/mol. The van der Waals surface area contributed by atoms with E-state index < -0.39 is 16.7 Å². The molecule has 4 nitrogen and oxygen atoms in total. The number of nitro benzene ring substituents is 1. The summed E-state index contributed by atoms with van der Waals surface area (Å²) in [6.45, 7) is 0. The molecule has 0 heterocycles. The van der Waals surface area contributed by atoms with Gasteiger partial charge in [0.25, 0.3) is 5.69 Å². The van der Waals surface area contributed by atoms with Crippen LogP contribution in [0.5, 0.6) is 0 Å². The second-order valence-corrected chi connectivity index (χ2v) is 4.60. The van der Waals surface area contributed by atoms with Crippen molar-refractivity contribution in [3.8, 4) is 6.07 Å². The molecule has 2 rings (SSSR count). The van der Waals surface area contributed by atoms with E-state index in [0.717, 1.165) is 12.1 Å². The number of halogens is 3. The Morgan fingerprint density at radius 1 is 1.17 bits per heavy atom. The molecular weight excluding hydrogens is 309 g/mol. The van der Waals surface area contributed by atoms with Crippen LogP contribution in [-0.2, 0) is 6.18 Å². The molecule has 0 aromatic heterocycles. The molecule has 0 N–H and O–H groups in total. The average Bonchev–Trinajstić information content (AvgIpc) is 2.52. The molecule has 0 atom stereocenters. The Hall–Kier alpha value is -3.14. The summed E-state index contributed by atoms with van der Waals surface area (Å²) in [4.78, 5) is 10.0. The van der Waals surface area contributed by atoms with E-state index in [4.69, 9.17) is 5.26 Å². The van der Waals surface area contributed by atoms with Gasteiger partial charge in [-0.05, 0) is 41.5 Å². The highest BCUT2D eigenvalue weighted by Gasteiger charge is 2.30. The van der Waals surface area contributed by atoms with Gasteiger partial charge in [-0.3, -0.25) is 10.1 Å². The summed E-state index contributed by atoms with van der Waals surface area (Å²) in [6, 6.07) is 11.6. The van der Waals surface area contributed by atoms with Crippen LogP contribution in [0.3, 0.4) is 0 Å². The van der Waals surface area contributed by atoms with E-state index in [1.54, 1.807) is 0 Å². The molecule has 2 aromatic rings. The minimum absolute atomic E-state index is 0.0324. The van der Waals surface area contributed by atoms with Crippen LogP contribution in [0.4, 0.5) is 18.9 Å². The van der Waals surface area contributed by atoms with Gasteiger partial charge in [0.15, 0.2) is 0 Å². The minimum atomic E-state index is -4.50. The molecule has 2 aromatic carbocycles. The maximum Gasteiger partial charge on any atom is 0.416 e. The largest absolute Gasteiger partial charge is 0.416 e. The lowest BCUT2D eigenvalue weighted by molar-refractivity contribution is -0.384. The molecule has 0 bridgehead atoms. The SMILES string of the molecule is N#C/C(=C/c1ccc([N+](=O)[O-])cc1)c1cccc(C(F)(F)F)c1. The first-order valence-corrected chi connectivity index (χ1v) is 6.35. The average molecular weight is 318 g/mol. The zero-order valence-corrected chi connectivity index (χ0v) is 11.5. The summed E-state index contributed by atoms with van der Waals surface area (Å²) in [7, 11) is 0. The van der Waals surface area contributed by atoms with Crippen LogP contribution < -0.4 is 0 Å². The molecule has 0 saturated heterocycles. The van der Waals surface area contributed by atoms with Crippen LogP contribution in [0.25, 0.3) is 11.6 Å². The van der Waals surface area contributed by atoms with Crippen molar-refractivity contribution >= 4 is 17.3 Å². The molecule has 0 saturated carbocycles. The fraction of sp³-hybridized carbons (Fsp3) is 0.0625. The summed E-state index contributed by atoms with van der Waals surface area (Å²) in [6.07, 6.45) is -3.12. The smallest absolute Gasteiger partial charge is 0.258 e. The van der Waals surface area contributed by atoms with Gasteiger partial charge in [0, 0.05) is 12.1 Å². The third kappa shape index (κ3) is 3.95. The number of benzene rings is 2. The maximum absolute atomic E-state index is 12.7. The molecule has 0 aliphatic rings. The molecule has 23 heavy (non-hydrogen) atoms. The topological polar surface area (TPSA) is 66.9 Å². The van der Waals surface area contributed by atoms with E-state index in [2.05, 4.69) is 0 Å². The van der Waals surface area contributed by atoms with E-state index in [1.165, 1.54) is 42.5 Å². The minimum Gasteiger partial charge on any atom is -0.258 e. The molecular formula is C16H9F3N2O2. The number of hydrogen-bond donors (Lipinski definition) is 0. The summed E-state index contributed by atoms with van der Waals surface area (Å²) in [5.74, 6) is 0. The molecule has 0 amide bonds. The second kappa shape index (κ2) is 6.32. The molecule has 0 unspecified atom stereocenters. The van der Waals surface area contributed by atoms with E-state index in [0.29, 0.717) is 5.56 Å². The van der Waals surface area contributed by atoms with Crippen LogP contribution in [0.15, 0.2) is 48.5 Å². The number of hydrogen-bond acceptors (Lipinski definition) is 3. The van der Waals surface area contributed by atoms with Gasteiger partial charge in [-0.15, -0.1) is 0 Å². The van der Waals surface area contributed by atoms with E-state index in [-0.39, 0.29) is 16.8 Å². The summed E-state index contributed by atoms with van der Waals surface area (Å²) < 4.78 is 38.1. The standard InChI is InChI=1S/C16H9F3N2O2/c17-16(18,19)14-3-1-2-12(9-14)13(10-20)8-11-4-6-15(7-5-11)21(22)23/h1-9H/b13-8-. The van der Waals surface area contributed by atoms with Gasteiger partial charge in [0.05, 0.1) is 22.1 Å². The molecule has 0 aliphatic carbocycles. The summed E-state index contributed by atoms with van der Waals surface area (Å²) in [5.41, 5.74) is -0.324. The Balaban J connectivity index is 2.40. The Labute approximate surface area is 129 Å². The van der Waals surface area contributed by atoms with E-state index in [9.17, 15) is 23.3 Å². The van der Waals surface area contributed by atoms with Crippen LogP contribution in [0.1, 0.15) is 16.7 Å². The van der Waals surface area contributed by atoms with Crippen molar-refractivity contribution in [1.29, 1.82) is 5.26 Å². The van der Waals surface area contributed by atoms with Gasteiger partial charge in [-0.2, -0.15) is 18.4 Å². The number of alkyl halides is 3. The Morgan fingerprint density at radius 3 is 2.35 bits per heavy atom. The second-order valence-electron chi connectivity index (χ2n) is 4.60. The van der Waals surface area contributed by atoms with Gasteiger partial charge in [-0.25, -0.2) is 0 Å². The molecule has 0 aliphatic heterocycles. The van der Waals surface area contributed by atoms with Crippen molar-refractivity contribution in [2.45, 2.75) is 6.18 Å². The Kier molecular flexibility index (Phi) is 4.46. The van der Waals surface area contributed by atoms with Gasteiger partial charge < -0.3 is 0 Å². The number of nitrogens with zero attached hydrogens (tertiary/aromatic N) is 2. The molecule has 0 spiro atoms. The maximum atomic E-state index is 12.7. The van der Waals surface area contributed by atoms with Crippen molar-refractivity contribution in [3.05, 3.63) is 75.3 Å². The lowest BCUT2D eigenvalue weighted by atomic mass is 10.0. The van der Waals surface area contributed by atoms with Gasteiger partial charge in [0.2, 0.25) is 0 Å². The van der Waals surface area contributed by atoms with Gasteiger partial charge in [0.1, 0.15) is 0 Å². The van der Waals surface area contributed by atoms with Crippen molar-refractivity contribution < 1.29 is 18.1 Å². The molecule has 116 valence electrons. The lowest BCUT2D eigenvalue weighted by Gasteiger charge is -2.08. The number of nitriles is 1. The first kappa shape index (κ1) is 16.2. The van der Waals surface area contributed by atoms with Crippen molar-refractivity contribution in [3.63, 3.8) is 0 Å². The highest BCUT2D eigenvalue weighted by Crippen LogP contribution is 2.31. The van der Waals surface area contributed by atoms with Crippen molar-refractivity contribution in [2.24, 2.45) is 0 Å². The van der Waals surface area contributed by atoms with Crippen molar-refractivity contribution in [2.75, 3.05) is 0 Å². The lowest BCUT2D eigenvalue weighted by Crippen LogP contribution is -2.04. The first-order chi connectivity index (χ1) is 10.8. The molecule has 0 fully saturated rings. The number of nitro groups is 1. The molecule has 0 radical (unpaired) electrons. The Bertz CT molecular complexity index is 803. The third-order valence-electron chi connectivity index (χ3n) is 3.04.